The van der Waals surface area contributed by atoms with Gasteiger partial charge in [0.15, 0.2) is 0 Å². The summed E-state index contributed by atoms with van der Waals surface area (Å²) in [4.78, 5) is 2.20. The van der Waals surface area contributed by atoms with E-state index in [2.05, 4.69) is 4.90 Å². The Morgan fingerprint density at radius 1 is 1.00 bits per heavy atom. The third-order valence-corrected chi connectivity index (χ3v) is 7.23. The molecule has 0 bridgehead atoms. The molecule has 0 atom stereocenters. The standard InChI is InChI=1S/C20H25ClN2O2S/c1-17-9-10-19(16-20(17)21)22-11-13-23(14-12-22)26(24,25)15-5-8-18-6-3-2-4-7-18/h2-4,6-7,9-10,16H,5,8,11-15H2,1H3. The molecule has 1 fully saturated rings. The highest BCUT2D eigenvalue weighted by Gasteiger charge is 2.26. The van der Waals surface area contributed by atoms with Crippen molar-refractivity contribution in [2.24, 2.45) is 0 Å². The van der Waals surface area contributed by atoms with E-state index in [0.717, 1.165) is 22.7 Å². The van der Waals surface area contributed by atoms with Gasteiger partial charge in [0.25, 0.3) is 0 Å². The molecule has 26 heavy (non-hydrogen) atoms. The maximum Gasteiger partial charge on any atom is 0.214 e. The molecule has 2 aromatic rings. The molecule has 1 aliphatic rings. The number of aryl methyl sites for hydroxylation is 2. The Labute approximate surface area is 161 Å². The lowest BCUT2D eigenvalue weighted by molar-refractivity contribution is 0.384. The van der Waals surface area contributed by atoms with Crippen molar-refractivity contribution < 1.29 is 8.42 Å². The normalized spacial score (nSPS) is 16.0. The van der Waals surface area contributed by atoms with Crippen LogP contribution in [0.15, 0.2) is 48.5 Å². The summed E-state index contributed by atoms with van der Waals surface area (Å²) < 4.78 is 26.8. The molecule has 1 aliphatic heterocycles. The van der Waals surface area contributed by atoms with E-state index in [9.17, 15) is 8.42 Å². The number of rotatable bonds is 6. The van der Waals surface area contributed by atoms with Crippen molar-refractivity contribution in [3.8, 4) is 0 Å². The van der Waals surface area contributed by atoms with Crippen LogP contribution in [0, 0.1) is 6.92 Å². The molecule has 0 radical (unpaired) electrons. The van der Waals surface area contributed by atoms with E-state index >= 15 is 0 Å². The summed E-state index contributed by atoms with van der Waals surface area (Å²) in [5.41, 5.74) is 3.29. The number of anilines is 1. The van der Waals surface area contributed by atoms with Gasteiger partial charge in [0.1, 0.15) is 0 Å². The van der Waals surface area contributed by atoms with E-state index in [4.69, 9.17) is 11.6 Å². The van der Waals surface area contributed by atoms with Gasteiger partial charge in [-0.2, -0.15) is 4.31 Å². The van der Waals surface area contributed by atoms with Crippen molar-refractivity contribution in [1.29, 1.82) is 0 Å². The Bertz CT molecular complexity index is 832. The summed E-state index contributed by atoms with van der Waals surface area (Å²) in [7, 11) is -3.19. The summed E-state index contributed by atoms with van der Waals surface area (Å²) in [6, 6.07) is 16.0. The van der Waals surface area contributed by atoms with Crippen molar-refractivity contribution in [3.63, 3.8) is 0 Å². The number of sulfonamides is 1. The minimum atomic E-state index is -3.19. The molecule has 0 aliphatic carbocycles. The number of halogens is 1. The monoisotopic (exact) mass is 392 g/mol. The van der Waals surface area contributed by atoms with Gasteiger partial charge < -0.3 is 4.90 Å². The van der Waals surface area contributed by atoms with E-state index in [1.54, 1.807) is 4.31 Å². The average molecular weight is 393 g/mol. The molecule has 6 heteroatoms. The molecule has 0 N–H and O–H groups in total. The third-order valence-electron chi connectivity index (χ3n) is 4.86. The topological polar surface area (TPSA) is 40.6 Å². The number of benzene rings is 2. The largest absolute Gasteiger partial charge is 0.369 e. The van der Waals surface area contributed by atoms with E-state index < -0.39 is 10.0 Å². The highest BCUT2D eigenvalue weighted by Crippen LogP contribution is 2.24. The zero-order chi connectivity index (χ0) is 18.6. The second kappa shape index (κ2) is 8.42. The van der Waals surface area contributed by atoms with Gasteiger partial charge >= 0.3 is 0 Å². The highest BCUT2D eigenvalue weighted by molar-refractivity contribution is 7.89. The SMILES string of the molecule is Cc1ccc(N2CCN(S(=O)(=O)CCCc3ccccc3)CC2)cc1Cl. The fourth-order valence-electron chi connectivity index (χ4n) is 3.24. The van der Waals surface area contributed by atoms with Crippen LogP contribution in [0.4, 0.5) is 5.69 Å². The lowest BCUT2D eigenvalue weighted by atomic mass is 10.1. The molecular formula is C20H25ClN2O2S. The van der Waals surface area contributed by atoms with Crippen molar-refractivity contribution in [3.05, 3.63) is 64.7 Å². The van der Waals surface area contributed by atoms with Crippen LogP contribution in [0.25, 0.3) is 0 Å². The molecule has 3 rings (SSSR count). The molecule has 0 saturated carbocycles. The van der Waals surface area contributed by atoms with Crippen LogP contribution in [0.5, 0.6) is 0 Å². The van der Waals surface area contributed by atoms with Crippen LogP contribution in [0.2, 0.25) is 5.02 Å². The fraction of sp³-hybridized carbons (Fsp3) is 0.400. The Hall–Kier alpha value is -1.56. The van der Waals surface area contributed by atoms with Gasteiger partial charge in [0.2, 0.25) is 10.0 Å². The summed E-state index contributed by atoms with van der Waals surface area (Å²) >= 11 is 6.21. The summed E-state index contributed by atoms with van der Waals surface area (Å²) in [5.74, 6) is 0.207. The third kappa shape index (κ3) is 4.78. The lowest BCUT2D eigenvalue weighted by Crippen LogP contribution is -2.49. The van der Waals surface area contributed by atoms with Gasteiger partial charge in [-0.25, -0.2) is 8.42 Å². The van der Waals surface area contributed by atoms with Gasteiger partial charge in [0.05, 0.1) is 5.75 Å². The van der Waals surface area contributed by atoms with Crippen molar-refractivity contribution in [2.75, 3.05) is 36.8 Å². The van der Waals surface area contributed by atoms with Crippen LogP contribution in [0.1, 0.15) is 17.5 Å². The molecular weight excluding hydrogens is 368 g/mol. The first kappa shape index (κ1) is 19.2. The molecule has 140 valence electrons. The molecule has 0 aromatic heterocycles. The first-order chi connectivity index (χ1) is 12.5. The fourth-order valence-corrected chi connectivity index (χ4v) is 4.90. The van der Waals surface area contributed by atoms with E-state index in [1.165, 1.54) is 5.56 Å². The van der Waals surface area contributed by atoms with Crippen LogP contribution in [-0.2, 0) is 16.4 Å². The first-order valence-electron chi connectivity index (χ1n) is 8.98. The summed E-state index contributed by atoms with van der Waals surface area (Å²) in [5, 5.41) is 0.749. The lowest BCUT2D eigenvalue weighted by Gasteiger charge is -2.35. The number of piperazine rings is 1. The average Bonchev–Trinajstić information content (AvgIpc) is 2.65. The van der Waals surface area contributed by atoms with Crippen molar-refractivity contribution >= 4 is 27.3 Å². The maximum absolute atomic E-state index is 12.6. The molecule has 1 saturated heterocycles. The van der Waals surface area contributed by atoms with Crippen LogP contribution >= 0.6 is 11.6 Å². The minimum absolute atomic E-state index is 0.207. The zero-order valence-electron chi connectivity index (χ0n) is 15.1. The quantitative estimate of drug-likeness (QED) is 0.752. The van der Waals surface area contributed by atoms with Gasteiger partial charge in [-0.05, 0) is 43.0 Å². The van der Waals surface area contributed by atoms with Gasteiger partial charge in [-0.3, -0.25) is 0 Å². The van der Waals surface area contributed by atoms with E-state index in [0.29, 0.717) is 32.6 Å². The minimum Gasteiger partial charge on any atom is -0.369 e. The smallest absolute Gasteiger partial charge is 0.214 e. The predicted octanol–water partition coefficient (Wildman–Crippen LogP) is 3.73. The van der Waals surface area contributed by atoms with Gasteiger partial charge in [0, 0.05) is 36.9 Å². The number of nitrogens with zero attached hydrogens (tertiary/aromatic N) is 2. The van der Waals surface area contributed by atoms with Gasteiger partial charge in [-0.15, -0.1) is 0 Å². The van der Waals surface area contributed by atoms with E-state index in [1.807, 2.05) is 55.5 Å². The Morgan fingerprint density at radius 3 is 2.35 bits per heavy atom. The summed E-state index contributed by atoms with van der Waals surface area (Å²) in [6.45, 7) is 4.42. The Kier molecular flexibility index (Phi) is 6.22. The number of hydrogen-bond acceptors (Lipinski definition) is 3. The van der Waals surface area contributed by atoms with Crippen molar-refractivity contribution in [2.45, 2.75) is 19.8 Å². The molecule has 0 amide bonds. The second-order valence-corrected chi connectivity index (χ2v) is 9.22. The molecule has 0 spiro atoms. The maximum atomic E-state index is 12.6. The Balaban J connectivity index is 1.52. The predicted molar refractivity (Wildman–Crippen MR) is 109 cm³/mol. The first-order valence-corrected chi connectivity index (χ1v) is 11.0. The van der Waals surface area contributed by atoms with Crippen molar-refractivity contribution in [1.82, 2.24) is 4.31 Å². The highest BCUT2D eigenvalue weighted by atomic mass is 35.5. The van der Waals surface area contributed by atoms with E-state index in [-0.39, 0.29) is 5.75 Å². The molecule has 4 nitrogen and oxygen atoms in total. The Morgan fingerprint density at radius 2 is 1.69 bits per heavy atom. The van der Waals surface area contributed by atoms with Crippen LogP contribution in [0.3, 0.4) is 0 Å². The van der Waals surface area contributed by atoms with Crippen LogP contribution in [-0.4, -0.2) is 44.7 Å². The summed E-state index contributed by atoms with van der Waals surface area (Å²) in [6.07, 6.45) is 1.45. The van der Waals surface area contributed by atoms with Gasteiger partial charge in [-0.1, -0.05) is 48.0 Å². The molecule has 0 unspecified atom stereocenters. The zero-order valence-corrected chi connectivity index (χ0v) is 16.6. The van der Waals surface area contributed by atoms with Crippen LogP contribution < -0.4 is 4.90 Å². The molecule has 2 aromatic carbocycles. The molecule has 1 heterocycles. The number of hydrogen-bond donors (Lipinski definition) is 0. The second-order valence-electron chi connectivity index (χ2n) is 6.72.